The minimum Gasteiger partial charge on any atom is -0.508 e. The van der Waals surface area contributed by atoms with Gasteiger partial charge in [-0.15, -0.1) is 0 Å². The summed E-state index contributed by atoms with van der Waals surface area (Å²) in [5.41, 5.74) is 1.89. The van der Waals surface area contributed by atoms with Crippen LogP contribution < -0.4 is 4.90 Å². The highest BCUT2D eigenvalue weighted by molar-refractivity contribution is 6.30. The molecule has 1 aliphatic rings. The zero-order chi connectivity index (χ0) is 18.0. The Morgan fingerprint density at radius 3 is 2.68 bits per heavy atom. The number of hydrogen-bond donors (Lipinski definition) is 1. The van der Waals surface area contributed by atoms with Crippen molar-refractivity contribution in [3.05, 3.63) is 58.4 Å². The Morgan fingerprint density at radius 1 is 1.16 bits per heavy atom. The van der Waals surface area contributed by atoms with E-state index in [0.29, 0.717) is 6.54 Å². The molecule has 1 N–H and O–H groups in total. The van der Waals surface area contributed by atoms with Gasteiger partial charge in [-0.3, -0.25) is 4.79 Å². The molecule has 0 radical (unpaired) electrons. The number of carbonyl (C=O) groups is 1. The molecular formula is C20H21ClFNO2. The lowest BCUT2D eigenvalue weighted by atomic mass is 9.92. The van der Waals surface area contributed by atoms with Gasteiger partial charge in [-0.05, 0) is 24.1 Å². The predicted molar refractivity (Wildman–Crippen MR) is 97.9 cm³/mol. The van der Waals surface area contributed by atoms with E-state index in [1.165, 1.54) is 0 Å². The van der Waals surface area contributed by atoms with Crippen LogP contribution in [0.5, 0.6) is 5.75 Å². The normalized spacial score (nSPS) is 16.4. The summed E-state index contributed by atoms with van der Waals surface area (Å²) in [4.78, 5) is 14.8. The Bertz CT molecular complexity index is 793. The Balaban J connectivity index is 1.96. The van der Waals surface area contributed by atoms with Crippen molar-refractivity contribution in [1.29, 1.82) is 0 Å². The number of para-hydroxylation sites is 1. The van der Waals surface area contributed by atoms with E-state index in [-0.39, 0.29) is 22.2 Å². The number of halogens is 2. The smallest absolute Gasteiger partial charge is 0.239 e. The summed E-state index contributed by atoms with van der Waals surface area (Å²) >= 11 is 5.73. The summed E-state index contributed by atoms with van der Waals surface area (Å²) in [6.45, 7) is 2.77. The van der Waals surface area contributed by atoms with Crippen LogP contribution in [-0.2, 0) is 4.79 Å². The monoisotopic (exact) mass is 361 g/mol. The van der Waals surface area contributed by atoms with Gasteiger partial charge in [-0.25, -0.2) is 4.39 Å². The number of hydrogen-bond acceptors (Lipinski definition) is 2. The first-order chi connectivity index (χ1) is 12.0. The zero-order valence-electron chi connectivity index (χ0n) is 14.1. The SMILES string of the molecule is CCCCCCN1C(=O)C(c2cc(F)c(Cl)cc2O)c2ccccc21. The molecular weight excluding hydrogens is 341 g/mol. The summed E-state index contributed by atoms with van der Waals surface area (Å²) in [5.74, 6) is -1.63. The number of fused-ring (bicyclic) bond motifs is 1. The number of anilines is 1. The number of unbranched alkanes of at least 4 members (excludes halogenated alkanes) is 3. The summed E-state index contributed by atoms with van der Waals surface area (Å²) in [7, 11) is 0. The van der Waals surface area contributed by atoms with Crippen LogP contribution in [0, 0.1) is 5.82 Å². The lowest BCUT2D eigenvalue weighted by Crippen LogP contribution is -2.30. The fourth-order valence-electron chi connectivity index (χ4n) is 3.40. The number of nitrogens with zero attached hydrogens (tertiary/aromatic N) is 1. The van der Waals surface area contributed by atoms with Crippen LogP contribution in [0.4, 0.5) is 10.1 Å². The molecule has 1 heterocycles. The molecule has 3 nitrogen and oxygen atoms in total. The number of aromatic hydroxyl groups is 1. The molecule has 0 aromatic heterocycles. The molecule has 0 saturated carbocycles. The maximum absolute atomic E-state index is 13.9. The average Bonchev–Trinajstić information content (AvgIpc) is 2.87. The van der Waals surface area contributed by atoms with Crippen LogP contribution >= 0.6 is 11.6 Å². The molecule has 25 heavy (non-hydrogen) atoms. The zero-order valence-corrected chi connectivity index (χ0v) is 14.9. The maximum atomic E-state index is 13.9. The highest BCUT2D eigenvalue weighted by atomic mass is 35.5. The molecule has 2 aromatic rings. The third-order valence-corrected chi connectivity index (χ3v) is 4.96. The molecule has 1 amide bonds. The van der Waals surface area contributed by atoms with Crippen molar-refractivity contribution in [1.82, 2.24) is 0 Å². The molecule has 1 atom stereocenters. The van der Waals surface area contributed by atoms with Gasteiger partial charge in [-0.1, -0.05) is 56.0 Å². The molecule has 0 bridgehead atoms. The van der Waals surface area contributed by atoms with E-state index >= 15 is 0 Å². The third-order valence-electron chi connectivity index (χ3n) is 4.67. The standard InChI is InChI=1S/C20H21ClFNO2/c1-2-3-4-7-10-23-17-9-6-5-8-13(17)19(20(23)25)14-11-16(22)15(21)12-18(14)24/h5-6,8-9,11-12,19,24H,2-4,7,10H2,1H3. The van der Waals surface area contributed by atoms with Gasteiger partial charge >= 0.3 is 0 Å². The van der Waals surface area contributed by atoms with Crippen molar-refractivity contribution in [2.75, 3.05) is 11.4 Å². The quantitative estimate of drug-likeness (QED) is 0.714. The second-order valence-corrected chi connectivity index (χ2v) is 6.77. The first-order valence-electron chi connectivity index (χ1n) is 8.62. The van der Waals surface area contributed by atoms with Gasteiger partial charge in [0, 0.05) is 23.9 Å². The van der Waals surface area contributed by atoms with Crippen LogP contribution in [0.2, 0.25) is 5.02 Å². The van der Waals surface area contributed by atoms with Gasteiger partial charge in [0.15, 0.2) is 0 Å². The second-order valence-electron chi connectivity index (χ2n) is 6.37. The summed E-state index contributed by atoms with van der Waals surface area (Å²) in [5, 5.41) is 10.1. The van der Waals surface area contributed by atoms with Gasteiger partial charge in [0.25, 0.3) is 0 Å². The molecule has 5 heteroatoms. The third kappa shape index (κ3) is 3.36. The topological polar surface area (TPSA) is 40.5 Å². The van der Waals surface area contributed by atoms with Crippen LogP contribution in [0.1, 0.15) is 49.7 Å². The first kappa shape index (κ1) is 17.7. The summed E-state index contributed by atoms with van der Waals surface area (Å²) < 4.78 is 13.9. The molecule has 0 fully saturated rings. The van der Waals surface area contributed by atoms with E-state index in [1.54, 1.807) is 4.90 Å². The fourth-order valence-corrected chi connectivity index (χ4v) is 3.55. The van der Waals surface area contributed by atoms with E-state index in [9.17, 15) is 14.3 Å². The minimum absolute atomic E-state index is 0.130. The van der Waals surface area contributed by atoms with E-state index < -0.39 is 11.7 Å². The number of phenols is 1. The van der Waals surface area contributed by atoms with Gasteiger partial charge in [-0.2, -0.15) is 0 Å². The number of benzene rings is 2. The number of rotatable bonds is 6. The molecule has 1 aliphatic heterocycles. The van der Waals surface area contributed by atoms with Gasteiger partial charge < -0.3 is 10.0 Å². The van der Waals surface area contributed by atoms with Crippen LogP contribution in [0.3, 0.4) is 0 Å². The lowest BCUT2D eigenvalue weighted by Gasteiger charge is -2.18. The highest BCUT2D eigenvalue weighted by Crippen LogP contribution is 2.44. The lowest BCUT2D eigenvalue weighted by molar-refractivity contribution is -0.118. The Hall–Kier alpha value is -2.07. The number of amides is 1. The van der Waals surface area contributed by atoms with E-state index in [1.807, 2.05) is 24.3 Å². The van der Waals surface area contributed by atoms with Crippen LogP contribution in [0.15, 0.2) is 36.4 Å². The molecule has 0 spiro atoms. The molecule has 0 saturated heterocycles. The van der Waals surface area contributed by atoms with Crippen molar-refractivity contribution in [2.24, 2.45) is 0 Å². The van der Waals surface area contributed by atoms with E-state index in [2.05, 4.69) is 6.92 Å². The molecule has 1 unspecified atom stereocenters. The minimum atomic E-state index is -0.700. The number of carbonyl (C=O) groups excluding carboxylic acids is 1. The summed E-state index contributed by atoms with van der Waals surface area (Å²) in [6.07, 6.45) is 4.25. The second kappa shape index (κ2) is 7.44. The fraction of sp³-hybridized carbons (Fsp3) is 0.350. The highest BCUT2D eigenvalue weighted by Gasteiger charge is 2.39. The van der Waals surface area contributed by atoms with Gasteiger partial charge in [0.1, 0.15) is 11.6 Å². The number of phenolic OH excluding ortho intramolecular Hbond substituents is 1. The Kier molecular flexibility index (Phi) is 5.28. The van der Waals surface area contributed by atoms with Crippen molar-refractivity contribution >= 4 is 23.2 Å². The largest absolute Gasteiger partial charge is 0.508 e. The van der Waals surface area contributed by atoms with Gasteiger partial charge in [0.05, 0.1) is 10.9 Å². The van der Waals surface area contributed by atoms with Crippen molar-refractivity contribution < 1.29 is 14.3 Å². The average molecular weight is 362 g/mol. The van der Waals surface area contributed by atoms with Crippen molar-refractivity contribution in [3.63, 3.8) is 0 Å². The Labute approximate surface area is 152 Å². The molecule has 3 rings (SSSR count). The van der Waals surface area contributed by atoms with Crippen LogP contribution in [-0.4, -0.2) is 17.6 Å². The molecule has 0 aliphatic carbocycles. The van der Waals surface area contributed by atoms with Gasteiger partial charge in [0.2, 0.25) is 5.91 Å². The molecule has 2 aromatic carbocycles. The van der Waals surface area contributed by atoms with Crippen molar-refractivity contribution in [2.45, 2.75) is 38.5 Å². The van der Waals surface area contributed by atoms with E-state index in [4.69, 9.17) is 11.6 Å². The van der Waals surface area contributed by atoms with E-state index in [0.717, 1.165) is 49.1 Å². The maximum Gasteiger partial charge on any atom is 0.239 e. The predicted octanol–water partition coefficient (Wildman–Crippen LogP) is 5.24. The summed E-state index contributed by atoms with van der Waals surface area (Å²) in [6, 6.07) is 9.81. The first-order valence-corrected chi connectivity index (χ1v) is 9.00. The van der Waals surface area contributed by atoms with Crippen molar-refractivity contribution in [3.8, 4) is 5.75 Å². The van der Waals surface area contributed by atoms with Crippen LogP contribution in [0.25, 0.3) is 0 Å². The molecule has 132 valence electrons. The Morgan fingerprint density at radius 2 is 1.92 bits per heavy atom.